The highest BCUT2D eigenvalue weighted by Gasteiger charge is 2.27. The third-order valence-electron chi connectivity index (χ3n) is 2.96. The second kappa shape index (κ2) is 6.51. The predicted octanol–water partition coefficient (Wildman–Crippen LogP) is 2.95. The molecule has 1 aliphatic heterocycles. The number of aryl methyl sites for hydroxylation is 1. The van der Waals surface area contributed by atoms with Crippen molar-refractivity contribution in [2.45, 2.75) is 20.0 Å². The first-order valence-electron chi connectivity index (χ1n) is 6.03. The molecule has 3 heterocycles. The number of H-pyrrole nitrogens is 1. The van der Waals surface area contributed by atoms with Gasteiger partial charge in [0, 0.05) is 16.3 Å². The zero-order valence-electron chi connectivity index (χ0n) is 11.2. The second-order valence-corrected chi connectivity index (χ2v) is 6.57. The van der Waals surface area contributed by atoms with Crippen LogP contribution in [0.1, 0.15) is 25.8 Å². The molecule has 0 unspecified atom stereocenters. The van der Waals surface area contributed by atoms with E-state index in [9.17, 15) is 4.79 Å². The Hall–Kier alpha value is -1.50. The highest BCUT2D eigenvalue weighted by molar-refractivity contribution is 7.12. The van der Waals surface area contributed by atoms with Gasteiger partial charge in [-0.25, -0.2) is 0 Å². The first-order valence-corrected chi connectivity index (χ1v) is 7.60. The minimum atomic E-state index is -0.0650. The molecule has 3 rings (SSSR count). The SMILES string of the molecule is Cc1cc2c(s1)CN(C(=O)c1cc(Cl)c(Cl)[nH]1)C2.NC=O. The molecule has 3 N–H and O–H groups in total. The number of fused-ring (bicyclic) bond motifs is 1. The van der Waals surface area contributed by atoms with Crippen LogP contribution in [-0.2, 0) is 17.9 Å². The third kappa shape index (κ3) is 3.40. The zero-order valence-corrected chi connectivity index (χ0v) is 13.5. The Kier molecular flexibility index (Phi) is 4.92. The Morgan fingerprint density at radius 1 is 1.43 bits per heavy atom. The molecule has 0 aliphatic carbocycles. The molecule has 8 heteroatoms. The van der Waals surface area contributed by atoms with Crippen LogP contribution in [0.3, 0.4) is 0 Å². The fraction of sp³-hybridized carbons (Fsp3) is 0.231. The molecule has 5 nitrogen and oxygen atoms in total. The van der Waals surface area contributed by atoms with Gasteiger partial charge in [0.2, 0.25) is 6.41 Å². The van der Waals surface area contributed by atoms with Crippen molar-refractivity contribution in [3.63, 3.8) is 0 Å². The summed E-state index contributed by atoms with van der Waals surface area (Å²) in [6.07, 6.45) is 0.250. The van der Waals surface area contributed by atoms with E-state index in [2.05, 4.69) is 23.7 Å². The maximum Gasteiger partial charge on any atom is 0.270 e. The number of carbonyl (C=O) groups is 2. The van der Waals surface area contributed by atoms with Gasteiger partial charge in [-0.05, 0) is 24.6 Å². The predicted molar refractivity (Wildman–Crippen MR) is 83.7 cm³/mol. The van der Waals surface area contributed by atoms with Crippen molar-refractivity contribution in [2.75, 3.05) is 0 Å². The lowest BCUT2D eigenvalue weighted by Gasteiger charge is -2.14. The van der Waals surface area contributed by atoms with Gasteiger partial charge in [-0.1, -0.05) is 23.2 Å². The lowest BCUT2D eigenvalue weighted by molar-refractivity contribution is -0.106. The number of nitrogens with two attached hydrogens (primary N) is 1. The Labute approximate surface area is 135 Å². The van der Waals surface area contributed by atoms with Crippen LogP contribution >= 0.6 is 34.5 Å². The first kappa shape index (κ1) is 15.9. The van der Waals surface area contributed by atoms with Gasteiger partial charge in [0.1, 0.15) is 10.8 Å². The summed E-state index contributed by atoms with van der Waals surface area (Å²) in [5, 5.41) is 0.689. The number of amides is 2. The van der Waals surface area contributed by atoms with E-state index in [1.165, 1.54) is 15.3 Å². The summed E-state index contributed by atoms with van der Waals surface area (Å²) in [6, 6.07) is 3.71. The number of primary amides is 1. The van der Waals surface area contributed by atoms with Gasteiger partial charge >= 0.3 is 0 Å². The minimum Gasteiger partial charge on any atom is -0.372 e. The van der Waals surface area contributed by atoms with Crippen LogP contribution in [0.25, 0.3) is 0 Å². The summed E-state index contributed by atoms with van der Waals surface area (Å²) in [5.74, 6) is -0.0650. The van der Waals surface area contributed by atoms with Crippen molar-refractivity contribution in [3.8, 4) is 0 Å². The van der Waals surface area contributed by atoms with Gasteiger partial charge in [-0.2, -0.15) is 0 Å². The summed E-state index contributed by atoms with van der Waals surface area (Å²) in [7, 11) is 0. The molecule has 0 saturated heterocycles. The number of rotatable bonds is 1. The fourth-order valence-corrected chi connectivity index (χ4v) is 3.53. The topological polar surface area (TPSA) is 79.2 Å². The van der Waals surface area contributed by atoms with E-state index in [0.717, 1.165) is 0 Å². The Morgan fingerprint density at radius 3 is 2.62 bits per heavy atom. The van der Waals surface area contributed by atoms with Crippen molar-refractivity contribution in [2.24, 2.45) is 5.73 Å². The van der Waals surface area contributed by atoms with E-state index in [4.69, 9.17) is 28.0 Å². The number of aromatic nitrogens is 1. The number of nitrogens with one attached hydrogen (secondary N) is 1. The lowest BCUT2D eigenvalue weighted by atomic mass is 10.3. The maximum atomic E-state index is 12.2. The average Bonchev–Trinajstić information content (AvgIpc) is 3.03. The van der Waals surface area contributed by atoms with Gasteiger partial charge in [0.05, 0.1) is 11.6 Å². The molecule has 2 aromatic heterocycles. The molecule has 1 aliphatic rings. The molecule has 0 aromatic carbocycles. The Morgan fingerprint density at radius 2 is 2.10 bits per heavy atom. The summed E-state index contributed by atoms with van der Waals surface area (Å²) >= 11 is 13.4. The van der Waals surface area contributed by atoms with Gasteiger partial charge in [-0.15, -0.1) is 11.3 Å². The molecule has 0 spiro atoms. The number of carbonyl (C=O) groups excluding carboxylic acids is 2. The largest absolute Gasteiger partial charge is 0.372 e. The molecule has 0 radical (unpaired) electrons. The van der Waals surface area contributed by atoms with Crippen molar-refractivity contribution >= 4 is 46.9 Å². The smallest absolute Gasteiger partial charge is 0.270 e. The van der Waals surface area contributed by atoms with E-state index < -0.39 is 0 Å². The quantitative estimate of drug-likeness (QED) is 0.779. The zero-order chi connectivity index (χ0) is 15.6. The van der Waals surface area contributed by atoms with Crippen molar-refractivity contribution in [1.29, 1.82) is 0 Å². The molecule has 0 bridgehead atoms. The molecule has 2 aromatic rings. The van der Waals surface area contributed by atoms with E-state index in [-0.39, 0.29) is 12.3 Å². The van der Waals surface area contributed by atoms with Gasteiger partial charge in [0.25, 0.3) is 5.91 Å². The fourth-order valence-electron chi connectivity index (χ4n) is 2.15. The van der Waals surface area contributed by atoms with Crippen LogP contribution in [0, 0.1) is 6.92 Å². The molecular weight excluding hydrogens is 333 g/mol. The minimum absolute atomic E-state index is 0.0650. The lowest BCUT2D eigenvalue weighted by Crippen LogP contribution is -2.25. The van der Waals surface area contributed by atoms with E-state index >= 15 is 0 Å². The molecule has 0 saturated carbocycles. The van der Waals surface area contributed by atoms with Crippen molar-refractivity contribution < 1.29 is 9.59 Å². The average molecular weight is 346 g/mol. The van der Waals surface area contributed by atoms with Gasteiger partial charge < -0.3 is 15.6 Å². The van der Waals surface area contributed by atoms with Crippen LogP contribution in [0.4, 0.5) is 0 Å². The van der Waals surface area contributed by atoms with E-state index in [0.29, 0.717) is 29.0 Å². The number of aromatic amines is 1. The van der Waals surface area contributed by atoms with Crippen LogP contribution < -0.4 is 5.73 Å². The van der Waals surface area contributed by atoms with E-state index in [1.54, 1.807) is 22.3 Å². The summed E-state index contributed by atoms with van der Waals surface area (Å²) in [5.41, 5.74) is 5.85. The van der Waals surface area contributed by atoms with Crippen molar-refractivity contribution in [3.05, 3.63) is 43.3 Å². The van der Waals surface area contributed by atoms with Crippen LogP contribution in [0.5, 0.6) is 0 Å². The number of nitrogens with zero attached hydrogens (tertiary/aromatic N) is 1. The number of hydrogen-bond acceptors (Lipinski definition) is 3. The van der Waals surface area contributed by atoms with E-state index in [1.807, 2.05) is 0 Å². The molecule has 21 heavy (non-hydrogen) atoms. The summed E-state index contributed by atoms with van der Waals surface area (Å²) in [6.45, 7) is 3.41. The van der Waals surface area contributed by atoms with Crippen LogP contribution in [0.2, 0.25) is 10.2 Å². The van der Waals surface area contributed by atoms with Crippen LogP contribution in [0.15, 0.2) is 12.1 Å². The summed E-state index contributed by atoms with van der Waals surface area (Å²) in [4.78, 5) is 28.0. The summed E-state index contributed by atoms with van der Waals surface area (Å²) < 4.78 is 0. The van der Waals surface area contributed by atoms with Gasteiger partial charge in [-0.3, -0.25) is 9.59 Å². The highest BCUT2D eigenvalue weighted by atomic mass is 35.5. The first-order chi connectivity index (χ1) is 9.96. The molecular formula is C13H13Cl2N3O2S. The van der Waals surface area contributed by atoms with Gasteiger partial charge in [0.15, 0.2) is 0 Å². The monoisotopic (exact) mass is 345 g/mol. The third-order valence-corrected chi connectivity index (χ3v) is 4.73. The highest BCUT2D eigenvalue weighted by Crippen LogP contribution is 2.32. The molecule has 2 amide bonds. The normalized spacial score (nSPS) is 12.6. The Balaban J connectivity index is 0.000000497. The van der Waals surface area contributed by atoms with Crippen molar-refractivity contribution in [1.82, 2.24) is 9.88 Å². The number of thiophene rings is 1. The standard InChI is InChI=1S/C12H10Cl2N2OS.CH3NO/c1-6-2-7-4-16(5-10(7)18-6)12(17)9-3-8(13)11(14)15-9;2-1-3/h2-3,15H,4-5H2,1H3;1H,(H2,2,3). The number of halogens is 2. The molecule has 0 fully saturated rings. The number of hydrogen-bond donors (Lipinski definition) is 2. The molecule has 112 valence electrons. The van der Waals surface area contributed by atoms with Crippen LogP contribution in [-0.4, -0.2) is 22.2 Å². The second-order valence-electron chi connectivity index (χ2n) is 4.45. The maximum absolute atomic E-state index is 12.2. The Bertz CT molecular complexity index is 638. The molecule has 0 atom stereocenters.